The summed E-state index contributed by atoms with van der Waals surface area (Å²) in [7, 11) is 1.82. The first-order valence-electron chi connectivity index (χ1n) is 7.70. The van der Waals surface area contributed by atoms with Crippen LogP contribution in [0.2, 0.25) is 0 Å². The number of nitrogens with one attached hydrogen (secondary N) is 1. The van der Waals surface area contributed by atoms with Gasteiger partial charge in [-0.25, -0.2) is 4.98 Å². The molecule has 4 nitrogen and oxygen atoms in total. The van der Waals surface area contributed by atoms with E-state index in [1.165, 1.54) is 0 Å². The predicted molar refractivity (Wildman–Crippen MR) is 89.9 cm³/mol. The van der Waals surface area contributed by atoms with Gasteiger partial charge >= 0.3 is 0 Å². The van der Waals surface area contributed by atoms with Gasteiger partial charge < -0.3 is 10.2 Å². The standard InChI is InChI=1S/C18H23N3O/c1-3-4-11-19-17-13-16(10-12-20-17)18(22)21(2)14-15-8-6-5-7-9-15/h5-10,12-13H,3-4,11,14H2,1-2H3,(H,19,20). The summed E-state index contributed by atoms with van der Waals surface area (Å²) >= 11 is 0. The molecular weight excluding hydrogens is 274 g/mol. The maximum absolute atomic E-state index is 12.5. The fraction of sp³-hybridized carbons (Fsp3) is 0.333. The Kier molecular flexibility index (Phi) is 5.95. The van der Waals surface area contributed by atoms with Gasteiger partial charge in [0.1, 0.15) is 5.82 Å². The lowest BCUT2D eigenvalue weighted by Gasteiger charge is -2.17. The highest BCUT2D eigenvalue weighted by atomic mass is 16.2. The van der Waals surface area contributed by atoms with Crippen molar-refractivity contribution in [3.05, 3.63) is 59.8 Å². The minimum absolute atomic E-state index is 0.00444. The van der Waals surface area contributed by atoms with Gasteiger partial charge in [0.25, 0.3) is 5.91 Å². The molecule has 4 heteroatoms. The zero-order valence-corrected chi connectivity index (χ0v) is 13.2. The largest absolute Gasteiger partial charge is 0.370 e. The van der Waals surface area contributed by atoms with Gasteiger partial charge in [0.05, 0.1) is 0 Å². The van der Waals surface area contributed by atoms with Crippen LogP contribution in [0.1, 0.15) is 35.7 Å². The normalized spacial score (nSPS) is 10.3. The molecule has 0 saturated carbocycles. The highest BCUT2D eigenvalue weighted by Crippen LogP contribution is 2.11. The van der Waals surface area contributed by atoms with Crippen LogP contribution >= 0.6 is 0 Å². The Morgan fingerprint density at radius 1 is 1.23 bits per heavy atom. The number of unbranched alkanes of at least 4 members (excludes halogenated alkanes) is 1. The lowest BCUT2D eigenvalue weighted by Crippen LogP contribution is -2.26. The number of nitrogens with zero attached hydrogens (tertiary/aromatic N) is 2. The summed E-state index contributed by atoms with van der Waals surface area (Å²) in [4.78, 5) is 18.5. The smallest absolute Gasteiger partial charge is 0.254 e. The molecule has 0 atom stereocenters. The number of hydrogen-bond acceptors (Lipinski definition) is 3. The van der Waals surface area contributed by atoms with E-state index in [1.54, 1.807) is 17.2 Å². The molecule has 0 bridgehead atoms. The van der Waals surface area contributed by atoms with Crippen molar-refractivity contribution in [2.75, 3.05) is 18.9 Å². The van der Waals surface area contributed by atoms with Crippen molar-refractivity contribution in [3.63, 3.8) is 0 Å². The van der Waals surface area contributed by atoms with Crippen LogP contribution in [0.5, 0.6) is 0 Å². The van der Waals surface area contributed by atoms with Gasteiger partial charge in [0.15, 0.2) is 0 Å². The summed E-state index contributed by atoms with van der Waals surface area (Å²) in [5.74, 6) is 0.761. The van der Waals surface area contributed by atoms with E-state index in [9.17, 15) is 4.79 Å². The number of aromatic nitrogens is 1. The van der Waals surface area contributed by atoms with Gasteiger partial charge in [0.2, 0.25) is 0 Å². The number of anilines is 1. The molecule has 0 aliphatic carbocycles. The number of carbonyl (C=O) groups is 1. The van der Waals surface area contributed by atoms with E-state index < -0.39 is 0 Å². The summed E-state index contributed by atoms with van der Waals surface area (Å²) in [5.41, 5.74) is 1.78. The maximum Gasteiger partial charge on any atom is 0.254 e. The fourth-order valence-corrected chi connectivity index (χ4v) is 2.20. The number of pyridine rings is 1. The van der Waals surface area contributed by atoms with Crippen molar-refractivity contribution in [1.29, 1.82) is 0 Å². The van der Waals surface area contributed by atoms with E-state index in [2.05, 4.69) is 17.2 Å². The van der Waals surface area contributed by atoms with Crippen LogP contribution in [0.3, 0.4) is 0 Å². The van der Waals surface area contributed by atoms with E-state index in [-0.39, 0.29) is 5.91 Å². The summed E-state index contributed by atoms with van der Waals surface area (Å²) in [6.07, 6.45) is 3.90. The van der Waals surface area contributed by atoms with Crippen molar-refractivity contribution in [2.24, 2.45) is 0 Å². The number of benzene rings is 1. The Labute approximate surface area is 132 Å². The third-order valence-corrected chi connectivity index (χ3v) is 3.45. The van der Waals surface area contributed by atoms with Crippen LogP contribution in [0.15, 0.2) is 48.7 Å². The second-order valence-electron chi connectivity index (χ2n) is 5.36. The summed E-state index contributed by atoms with van der Waals surface area (Å²) in [5, 5.41) is 3.25. The van der Waals surface area contributed by atoms with Gasteiger partial charge in [-0.3, -0.25) is 4.79 Å². The summed E-state index contributed by atoms with van der Waals surface area (Å²) < 4.78 is 0. The average molecular weight is 297 g/mol. The zero-order valence-electron chi connectivity index (χ0n) is 13.2. The first kappa shape index (κ1) is 16.0. The van der Waals surface area contributed by atoms with Crippen LogP contribution in [-0.2, 0) is 6.54 Å². The van der Waals surface area contributed by atoms with Crippen LogP contribution in [-0.4, -0.2) is 29.4 Å². The van der Waals surface area contributed by atoms with Crippen molar-refractivity contribution >= 4 is 11.7 Å². The zero-order chi connectivity index (χ0) is 15.8. The molecular formula is C18H23N3O. The molecule has 0 unspecified atom stereocenters. The molecule has 0 aliphatic rings. The Bertz CT molecular complexity index is 598. The molecule has 1 aromatic heterocycles. The highest BCUT2D eigenvalue weighted by molar-refractivity contribution is 5.94. The molecule has 0 saturated heterocycles. The van der Waals surface area contributed by atoms with Gasteiger partial charge in [-0.2, -0.15) is 0 Å². The van der Waals surface area contributed by atoms with Gasteiger partial charge in [-0.15, -0.1) is 0 Å². The molecule has 1 amide bonds. The summed E-state index contributed by atoms with van der Waals surface area (Å²) in [6.45, 7) is 3.62. The number of carbonyl (C=O) groups excluding carboxylic acids is 1. The minimum atomic E-state index is 0.00444. The molecule has 22 heavy (non-hydrogen) atoms. The van der Waals surface area contributed by atoms with Crippen molar-refractivity contribution in [2.45, 2.75) is 26.3 Å². The average Bonchev–Trinajstić information content (AvgIpc) is 2.55. The monoisotopic (exact) mass is 297 g/mol. The number of rotatable bonds is 7. The lowest BCUT2D eigenvalue weighted by molar-refractivity contribution is 0.0785. The summed E-state index contributed by atoms with van der Waals surface area (Å²) in [6, 6.07) is 13.6. The van der Waals surface area contributed by atoms with Gasteiger partial charge in [-0.05, 0) is 24.1 Å². The quantitative estimate of drug-likeness (QED) is 0.795. The highest BCUT2D eigenvalue weighted by Gasteiger charge is 2.12. The van der Waals surface area contributed by atoms with E-state index in [0.717, 1.165) is 30.8 Å². The topological polar surface area (TPSA) is 45.2 Å². The molecule has 1 N–H and O–H groups in total. The molecule has 1 aromatic carbocycles. The first-order chi connectivity index (χ1) is 10.7. The van der Waals surface area contributed by atoms with Gasteiger partial charge in [0, 0.05) is 31.9 Å². The Hall–Kier alpha value is -2.36. The predicted octanol–water partition coefficient (Wildman–Crippen LogP) is 3.57. The molecule has 1 heterocycles. The van der Waals surface area contributed by atoms with Crippen molar-refractivity contribution in [3.8, 4) is 0 Å². The molecule has 2 aromatic rings. The van der Waals surface area contributed by atoms with Crippen molar-refractivity contribution < 1.29 is 4.79 Å². The second-order valence-corrected chi connectivity index (χ2v) is 5.36. The molecule has 116 valence electrons. The molecule has 0 aliphatic heterocycles. The van der Waals surface area contributed by atoms with Crippen LogP contribution < -0.4 is 5.32 Å². The van der Waals surface area contributed by atoms with Crippen LogP contribution in [0.4, 0.5) is 5.82 Å². The van der Waals surface area contributed by atoms with E-state index in [4.69, 9.17) is 0 Å². The molecule has 2 rings (SSSR count). The van der Waals surface area contributed by atoms with Crippen LogP contribution in [0, 0.1) is 0 Å². The third-order valence-electron chi connectivity index (χ3n) is 3.45. The Morgan fingerprint density at radius 3 is 2.73 bits per heavy atom. The first-order valence-corrected chi connectivity index (χ1v) is 7.70. The third kappa shape index (κ3) is 4.58. The van der Waals surface area contributed by atoms with E-state index in [1.807, 2.05) is 43.4 Å². The SMILES string of the molecule is CCCCNc1cc(C(=O)N(C)Cc2ccccc2)ccn1. The number of hydrogen-bond donors (Lipinski definition) is 1. The number of amides is 1. The Morgan fingerprint density at radius 2 is 2.00 bits per heavy atom. The lowest BCUT2D eigenvalue weighted by atomic mass is 10.2. The minimum Gasteiger partial charge on any atom is -0.370 e. The fourth-order valence-electron chi connectivity index (χ4n) is 2.20. The van der Waals surface area contributed by atoms with Crippen molar-refractivity contribution in [1.82, 2.24) is 9.88 Å². The Balaban J connectivity index is 2.00. The van der Waals surface area contributed by atoms with E-state index in [0.29, 0.717) is 12.1 Å². The molecule has 0 radical (unpaired) electrons. The molecule has 0 spiro atoms. The molecule has 0 fully saturated rings. The second kappa shape index (κ2) is 8.17. The van der Waals surface area contributed by atoms with Gasteiger partial charge in [-0.1, -0.05) is 43.7 Å². The van der Waals surface area contributed by atoms with E-state index >= 15 is 0 Å². The maximum atomic E-state index is 12.5. The van der Waals surface area contributed by atoms with Crippen LogP contribution in [0.25, 0.3) is 0 Å².